The van der Waals surface area contributed by atoms with Gasteiger partial charge < -0.3 is 5.73 Å². The molecule has 3 nitrogen and oxygen atoms in total. The van der Waals surface area contributed by atoms with E-state index in [4.69, 9.17) is 5.73 Å². The molecule has 16 heavy (non-hydrogen) atoms. The maximum atomic E-state index is 5.52. The maximum absolute atomic E-state index is 5.52. The highest BCUT2D eigenvalue weighted by molar-refractivity contribution is 7.99. The van der Waals surface area contributed by atoms with Crippen molar-refractivity contribution in [3.05, 3.63) is 48.3 Å². The summed E-state index contributed by atoms with van der Waals surface area (Å²) in [5.41, 5.74) is 6.61. The molecule has 0 spiro atoms. The van der Waals surface area contributed by atoms with Crippen molar-refractivity contribution in [2.75, 3.05) is 5.75 Å². The van der Waals surface area contributed by atoms with Gasteiger partial charge in [0.15, 0.2) is 0 Å². The minimum Gasteiger partial charge on any atom is -0.326 e. The van der Waals surface area contributed by atoms with E-state index < -0.39 is 0 Å². The quantitative estimate of drug-likeness (QED) is 0.805. The molecular weight excluding hydrogens is 218 g/mol. The molecule has 4 heteroatoms. The number of aromatic nitrogens is 2. The van der Waals surface area contributed by atoms with Gasteiger partial charge in [0, 0.05) is 29.0 Å². The third-order valence-corrected chi connectivity index (χ3v) is 3.25. The van der Waals surface area contributed by atoms with Gasteiger partial charge in [-0.3, -0.25) is 4.68 Å². The molecule has 0 aliphatic rings. The molecule has 1 aromatic heterocycles. The minimum atomic E-state index is 0.561. The van der Waals surface area contributed by atoms with Gasteiger partial charge in [-0.05, 0) is 12.1 Å². The highest BCUT2D eigenvalue weighted by Gasteiger charge is 1.97. The first-order valence-electron chi connectivity index (χ1n) is 5.28. The van der Waals surface area contributed by atoms with E-state index in [0.29, 0.717) is 6.54 Å². The van der Waals surface area contributed by atoms with E-state index in [9.17, 15) is 0 Å². The average molecular weight is 233 g/mol. The molecule has 1 aromatic carbocycles. The molecule has 0 amide bonds. The van der Waals surface area contributed by atoms with Crippen LogP contribution in [0.15, 0.2) is 47.6 Å². The lowest BCUT2D eigenvalue weighted by molar-refractivity contribution is 0.665. The molecule has 0 atom stereocenters. The summed E-state index contributed by atoms with van der Waals surface area (Å²) < 4.78 is 1.94. The summed E-state index contributed by atoms with van der Waals surface area (Å²) in [7, 11) is 0. The Morgan fingerprint density at radius 1 is 1.25 bits per heavy atom. The van der Waals surface area contributed by atoms with Crippen LogP contribution in [-0.4, -0.2) is 15.5 Å². The van der Waals surface area contributed by atoms with Gasteiger partial charge in [-0.25, -0.2) is 0 Å². The number of hydrogen-bond acceptors (Lipinski definition) is 3. The molecule has 2 rings (SSSR count). The SMILES string of the molecule is NCc1cnn(CCSc2ccccc2)c1. The first kappa shape index (κ1) is 11.2. The van der Waals surface area contributed by atoms with Gasteiger partial charge in [-0.2, -0.15) is 5.10 Å². The van der Waals surface area contributed by atoms with Gasteiger partial charge in [0.25, 0.3) is 0 Å². The third-order valence-electron chi connectivity index (χ3n) is 2.25. The molecule has 0 radical (unpaired) electrons. The lowest BCUT2D eigenvalue weighted by Gasteiger charge is -2.01. The van der Waals surface area contributed by atoms with Gasteiger partial charge in [-0.1, -0.05) is 18.2 Å². The third kappa shape index (κ3) is 3.12. The van der Waals surface area contributed by atoms with Crippen molar-refractivity contribution in [2.24, 2.45) is 5.73 Å². The van der Waals surface area contributed by atoms with E-state index in [0.717, 1.165) is 17.9 Å². The second kappa shape index (κ2) is 5.72. The standard InChI is InChI=1S/C12H15N3S/c13-8-11-9-14-15(10-11)6-7-16-12-4-2-1-3-5-12/h1-5,9-10H,6-8,13H2. The Morgan fingerprint density at radius 3 is 2.75 bits per heavy atom. The zero-order valence-corrected chi connectivity index (χ0v) is 9.86. The van der Waals surface area contributed by atoms with Crippen LogP contribution in [0.3, 0.4) is 0 Å². The monoisotopic (exact) mass is 233 g/mol. The predicted octanol–water partition coefficient (Wildman–Crippen LogP) is 2.13. The lowest BCUT2D eigenvalue weighted by Crippen LogP contribution is -2.00. The number of nitrogens with zero attached hydrogens (tertiary/aromatic N) is 2. The van der Waals surface area contributed by atoms with E-state index in [1.807, 2.05) is 34.9 Å². The fourth-order valence-electron chi connectivity index (χ4n) is 1.41. The van der Waals surface area contributed by atoms with Crippen LogP contribution in [-0.2, 0) is 13.1 Å². The van der Waals surface area contributed by atoms with Crippen LogP contribution >= 0.6 is 11.8 Å². The summed E-state index contributed by atoms with van der Waals surface area (Å²) in [6.45, 7) is 1.48. The average Bonchev–Trinajstić information content (AvgIpc) is 2.78. The van der Waals surface area contributed by atoms with Crippen molar-refractivity contribution in [3.8, 4) is 0 Å². The van der Waals surface area contributed by atoms with Crippen LogP contribution in [0.1, 0.15) is 5.56 Å². The normalized spacial score (nSPS) is 10.6. The Hall–Kier alpha value is -1.26. The first-order chi connectivity index (χ1) is 7.88. The molecule has 1 heterocycles. The van der Waals surface area contributed by atoms with Gasteiger partial charge in [0.05, 0.1) is 12.7 Å². The van der Waals surface area contributed by atoms with E-state index >= 15 is 0 Å². The molecule has 0 unspecified atom stereocenters. The van der Waals surface area contributed by atoms with Crippen molar-refractivity contribution in [3.63, 3.8) is 0 Å². The summed E-state index contributed by atoms with van der Waals surface area (Å²) in [5, 5.41) is 4.24. The fraction of sp³-hybridized carbons (Fsp3) is 0.250. The molecule has 0 aliphatic carbocycles. The van der Waals surface area contributed by atoms with Crippen LogP contribution in [0.2, 0.25) is 0 Å². The van der Waals surface area contributed by atoms with Crippen molar-refractivity contribution >= 4 is 11.8 Å². The molecular formula is C12H15N3S. The maximum Gasteiger partial charge on any atom is 0.0534 e. The van der Waals surface area contributed by atoms with E-state index in [2.05, 4.69) is 29.4 Å². The van der Waals surface area contributed by atoms with Crippen molar-refractivity contribution < 1.29 is 0 Å². The molecule has 0 bridgehead atoms. The number of benzene rings is 1. The molecule has 84 valence electrons. The summed E-state index contributed by atoms with van der Waals surface area (Å²) in [4.78, 5) is 1.30. The Balaban J connectivity index is 1.80. The second-order valence-corrected chi connectivity index (χ2v) is 4.65. The molecule has 0 fully saturated rings. The lowest BCUT2D eigenvalue weighted by atomic mass is 10.4. The zero-order valence-electron chi connectivity index (χ0n) is 9.04. The second-order valence-electron chi connectivity index (χ2n) is 3.48. The summed E-state index contributed by atoms with van der Waals surface area (Å²) in [6.07, 6.45) is 3.83. The molecule has 0 aliphatic heterocycles. The van der Waals surface area contributed by atoms with Crippen molar-refractivity contribution in [1.82, 2.24) is 9.78 Å². The Bertz CT molecular complexity index is 425. The van der Waals surface area contributed by atoms with Crippen LogP contribution < -0.4 is 5.73 Å². The number of aryl methyl sites for hydroxylation is 1. The van der Waals surface area contributed by atoms with Crippen LogP contribution in [0.25, 0.3) is 0 Å². The predicted molar refractivity (Wildman–Crippen MR) is 67.3 cm³/mol. The van der Waals surface area contributed by atoms with Crippen LogP contribution in [0.5, 0.6) is 0 Å². The number of thioether (sulfide) groups is 1. The van der Waals surface area contributed by atoms with Gasteiger partial charge in [-0.15, -0.1) is 11.8 Å². The van der Waals surface area contributed by atoms with E-state index in [1.165, 1.54) is 4.90 Å². The Labute approximate surface area is 99.7 Å². The largest absolute Gasteiger partial charge is 0.326 e. The first-order valence-corrected chi connectivity index (χ1v) is 6.26. The van der Waals surface area contributed by atoms with Gasteiger partial charge in [0.1, 0.15) is 0 Å². The number of hydrogen-bond donors (Lipinski definition) is 1. The summed E-state index contributed by atoms with van der Waals surface area (Å²) >= 11 is 1.84. The Kier molecular flexibility index (Phi) is 4.02. The summed E-state index contributed by atoms with van der Waals surface area (Å²) in [5.74, 6) is 1.02. The highest BCUT2D eigenvalue weighted by atomic mass is 32.2. The smallest absolute Gasteiger partial charge is 0.0534 e. The minimum absolute atomic E-state index is 0.561. The van der Waals surface area contributed by atoms with Crippen LogP contribution in [0.4, 0.5) is 0 Å². The van der Waals surface area contributed by atoms with Gasteiger partial charge in [0.2, 0.25) is 0 Å². The number of rotatable bonds is 5. The van der Waals surface area contributed by atoms with Crippen LogP contribution in [0, 0.1) is 0 Å². The van der Waals surface area contributed by atoms with E-state index in [-0.39, 0.29) is 0 Å². The highest BCUT2D eigenvalue weighted by Crippen LogP contribution is 2.16. The molecule has 2 aromatic rings. The molecule has 0 saturated carbocycles. The fourth-order valence-corrected chi connectivity index (χ4v) is 2.27. The number of nitrogens with two attached hydrogens (primary N) is 1. The van der Waals surface area contributed by atoms with Crippen molar-refractivity contribution in [2.45, 2.75) is 18.0 Å². The Morgan fingerprint density at radius 2 is 2.06 bits per heavy atom. The summed E-state index contributed by atoms with van der Waals surface area (Å²) in [6, 6.07) is 10.4. The molecule has 2 N–H and O–H groups in total. The van der Waals surface area contributed by atoms with Gasteiger partial charge >= 0.3 is 0 Å². The molecule has 0 saturated heterocycles. The van der Waals surface area contributed by atoms with E-state index in [1.54, 1.807) is 0 Å². The zero-order chi connectivity index (χ0) is 11.2. The van der Waals surface area contributed by atoms with Crippen molar-refractivity contribution in [1.29, 1.82) is 0 Å². The topological polar surface area (TPSA) is 43.8 Å².